The number of hydrogen-bond acceptors (Lipinski definition) is 10. The summed E-state index contributed by atoms with van der Waals surface area (Å²) in [5.41, 5.74) is 0.883. The normalized spacial score (nSPS) is 13.2. The van der Waals surface area contributed by atoms with Crippen LogP contribution in [-0.2, 0) is 15.1 Å². The minimum Gasteiger partial charge on any atom is -0.454 e. The summed E-state index contributed by atoms with van der Waals surface area (Å²) in [6.07, 6.45) is -3.16. The minimum atomic E-state index is -4.61. The Labute approximate surface area is 320 Å². The van der Waals surface area contributed by atoms with Crippen LogP contribution in [0.25, 0.3) is 0 Å². The van der Waals surface area contributed by atoms with Crippen LogP contribution in [0.2, 0.25) is 5.02 Å². The van der Waals surface area contributed by atoms with Gasteiger partial charge in [0.15, 0.2) is 6.61 Å². The SMILES string of the molecule is CC(C)(CNC(=O)C(=O)Nc1ccc(I)cc1C#N)CNC(=O)c1ccc(Nc2nc(NC3(c4ccc(Cl)cc4)CC3)nc(OCC(F)(F)F)n2)cc1. The monoisotopic (exact) mass is 861 g/mol. The van der Waals surface area contributed by atoms with E-state index in [0.717, 1.165) is 22.0 Å². The molecule has 0 radical (unpaired) electrons. The molecule has 1 aliphatic rings. The molecule has 1 saturated carbocycles. The summed E-state index contributed by atoms with van der Waals surface area (Å²) in [6.45, 7) is 2.17. The lowest BCUT2D eigenvalue weighted by atomic mass is 9.93. The maximum absolute atomic E-state index is 12.9. The lowest BCUT2D eigenvalue weighted by molar-refractivity contribution is -0.154. The summed E-state index contributed by atoms with van der Waals surface area (Å²) in [6, 6.07) is 19.6. The standard InChI is InChI=1S/C35H32ClF3IN9O4/c1-33(2,18-43-28(51)29(52)45-26-12-9-24(40)15-21(26)16-41)17-42-27(50)20-3-10-25(11-4-20)44-30-46-31(48-32(47-30)53-19-35(37,38)39)49-34(13-14-34)22-5-7-23(36)8-6-22/h3-12,15H,13-14,17-19H2,1-2H3,(H,42,50)(H,43,51)(H,45,52)(H2,44,46,47,48,49). The number of carbonyl (C=O) groups is 3. The van der Waals surface area contributed by atoms with Crippen molar-refractivity contribution in [3.63, 3.8) is 0 Å². The Balaban J connectivity index is 1.17. The molecule has 5 N–H and O–H groups in total. The van der Waals surface area contributed by atoms with Crippen LogP contribution >= 0.6 is 34.2 Å². The highest BCUT2D eigenvalue weighted by molar-refractivity contribution is 14.1. The predicted octanol–water partition coefficient (Wildman–Crippen LogP) is 6.30. The van der Waals surface area contributed by atoms with Gasteiger partial charge in [-0.3, -0.25) is 14.4 Å². The molecule has 18 heteroatoms. The smallest absolute Gasteiger partial charge is 0.422 e. The van der Waals surface area contributed by atoms with Gasteiger partial charge in [0.25, 0.3) is 5.91 Å². The van der Waals surface area contributed by atoms with E-state index in [1.54, 1.807) is 50.2 Å². The quantitative estimate of drug-likeness (QED) is 0.0756. The second-order valence-corrected chi connectivity index (χ2v) is 14.6. The third kappa shape index (κ3) is 11.1. The van der Waals surface area contributed by atoms with Crippen molar-refractivity contribution in [3.05, 3.63) is 92.0 Å². The third-order valence-corrected chi connectivity index (χ3v) is 8.82. The lowest BCUT2D eigenvalue weighted by Crippen LogP contribution is -2.45. The molecule has 0 unspecified atom stereocenters. The van der Waals surface area contributed by atoms with Gasteiger partial charge in [-0.2, -0.15) is 33.4 Å². The van der Waals surface area contributed by atoms with E-state index in [9.17, 15) is 32.8 Å². The van der Waals surface area contributed by atoms with E-state index in [-0.39, 0.29) is 36.2 Å². The van der Waals surface area contributed by atoms with Crippen LogP contribution < -0.4 is 31.3 Å². The predicted molar refractivity (Wildman–Crippen MR) is 199 cm³/mol. The molecule has 0 bridgehead atoms. The molecule has 0 saturated heterocycles. The first-order chi connectivity index (χ1) is 25.0. The number of ether oxygens (including phenoxy) is 1. The van der Waals surface area contributed by atoms with E-state index >= 15 is 0 Å². The molecule has 1 heterocycles. The van der Waals surface area contributed by atoms with Crippen molar-refractivity contribution < 1.29 is 32.3 Å². The lowest BCUT2D eigenvalue weighted by Gasteiger charge is -2.25. The fourth-order valence-corrected chi connectivity index (χ4v) is 5.51. The van der Waals surface area contributed by atoms with Gasteiger partial charge in [-0.25, -0.2) is 0 Å². The van der Waals surface area contributed by atoms with E-state index in [2.05, 4.69) is 41.5 Å². The molecule has 4 aromatic rings. The van der Waals surface area contributed by atoms with E-state index < -0.39 is 47.5 Å². The van der Waals surface area contributed by atoms with E-state index in [4.69, 9.17) is 16.3 Å². The second kappa shape index (κ2) is 16.2. The van der Waals surface area contributed by atoms with Crippen molar-refractivity contribution in [2.45, 2.75) is 38.4 Å². The average molecular weight is 862 g/mol. The molecule has 3 aromatic carbocycles. The van der Waals surface area contributed by atoms with Crippen LogP contribution in [0, 0.1) is 20.3 Å². The van der Waals surface area contributed by atoms with Crippen molar-refractivity contribution in [2.75, 3.05) is 35.6 Å². The molecular formula is C35H32ClF3IN9O4. The zero-order chi connectivity index (χ0) is 38.4. The highest BCUT2D eigenvalue weighted by atomic mass is 127. The molecule has 0 atom stereocenters. The maximum Gasteiger partial charge on any atom is 0.422 e. The Morgan fingerprint density at radius 2 is 1.58 bits per heavy atom. The number of hydrogen-bond donors (Lipinski definition) is 5. The van der Waals surface area contributed by atoms with Crippen molar-refractivity contribution in [2.24, 2.45) is 5.41 Å². The van der Waals surface area contributed by atoms with Gasteiger partial charge >= 0.3 is 24.0 Å². The fourth-order valence-electron chi connectivity index (χ4n) is 4.89. The number of amides is 3. The molecule has 1 aromatic heterocycles. The van der Waals surface area contributed by atoms with E-state index in [1.165, 1.54) is 18.2 Å². The fraction of sp³-hybridized carbons (Fsp3) is 0.286. The molecule has 1 fully saturated rings. The number of benzene rings is 3. The van der Waals surface area contributed by atoms with Crippen LogP contribution in [0.5, 0.6) is 6.01 Å². The zero-order valence-corrected chi connectivity index (χ0v) is 31.1. The van der Waals surface area contributed by atoms with Gasteiger partial charge in [0.1, 0.15) is 6.07 Å². The van der Waals surface area contributed by atoms with Gasteiger partial charge in [-0.05, 0) is 101 Å². The van der Waals surface area contributed by atoms with Crippen LogP contribution in [0.3, 0.4) is 0 Å². The average Bonchev–Trinajstić information content (AvgIpc) is 3.89. The van der Waals surface area contributed by atoms with Gasteiger partial charge in [0.2, 0.25) is 11.9 Å². The summed E-state index contributed by atoms with van der Waals surface area (Å²) in [5.74, 6) is -2.34. The van der Waals surface area contributed by atoms with E-state index in [1.807, 2.05) is 40.8 Å². The number of anilines is 4. The molecule has 0 spiro atoms. The Bertz CT molecular complexity index is 2040. The topological polar surface area (TPSA) is 183 Å². The van der Waals surface area contributed by atoms with Crippen LogP contribution in [0.1, 0.15) is 48.2 Å². The summed E-state index contributed by atoms with van der Waals surface area (Å²) in [5, 5.41) is 23.8. The Morgan fingerprint density at radius 3 is 2.23 bits per heavy atom. The molecule has 3 amide bonds. The number of aromatic nitrogens is 3. The van der Waals surface area contributed by atoms with Crippen molar-refractivity contribution >= 4 is 75.2 Å². The minimum absolute atomic E-state index is 0.00156. The molecular weight excluding hydrogens is 830 g/mol. The van der Waals surface area contributed by atoms with Crippen molar-refractivity contribution in [1.29, 1.82) is 5.26 Å². The number of carbonyl (C=O) groups excluding carboxylic acids is 3. The first-order valence-electron chi connectivity index (χ1n) is 16.0. The summed E-state index contributed by atoms with van der Waals surface area (Å²) < 4.78 is 44.4. The van der Waals surface area contributed by atoms with Gasteiger partial charge in [-0.1, -0.05) is 37.6 Å². The van der Waals surface area contributed by atoms with Gasteiger partial charge in [0, 0.05) is 32.9 Å². The molecule has 13 nitrogen and oxygen atoms in total. The molecule has 276 valence electrons. The van der Waals surface area contributed by atoms with Gasteiger partial charge < -0.3 is 31.3 Å². The Kier molecular flexibility index (Phi) is 11.9. The largest absolute Gasteiger partial charge is 0.454 e. The summed E-state index contributed by atoms with van der Waals surface area (Å²) >= 11 is 8.06. The number of alkyl halides is 3. The molecule has 53 heavy (non-hydrogen) atoms. The zero-order valence-electron chi connectivity index (χ0n) is 28.2. The van der Waals surface area contributed by atoms with E-state index in [0.29, 0.717) is 16.3 Å². The maximum atomic E-state index is 12.9. The summed E-state index contributed by atoms with van der Waals surface area (Å²) in [4.78, 5) is 50.2. The number of nitrogens with zero attached hydrogens (tertiary/aromatic N) is 4. The molecule has 0 aliphatic heterocycles. The highest BCUT2D eigenvalue weighted by Gasteiger charge is 2.45. The molecule has 1 aliphatic carbocycles. The van der Waals surface area contributed by atoms with Crippen molar-refractivity contribution in [1.82, 2.24) is 25.6 Å². The number of nitrogens with one attached hydrogen (secondary N) is 5. The third-order valence-electron chi connectivity index (χ3n) is 7.89. The van der Waals surface area contributed by atoms with Gasteiger partial charge in [-0.15, -0.1) is 0 Å². The number of nitriles is 1. The van der Waals surface area contributed by atoms with Crippen LogP contribution in [0.4, 0.5) is 36.4 Å². The molecule has 5 rings (SSSR count). The van der Waals surface area contributed by atoms with Gasteiger partial charge in [0.05, 0.1) is 16.8 Å². The van der Waals surface area contributed by atoms with Crippen LogP contribution in [0.15, 0.2) is 66.7 Å². The highest BCUT2D eigenvalue weighted by Crippen LogP contribution is 2.48. The number of rotatable bonds is 13. The first-order valence-corrected chi connectivity index (χ1v) is 17.4. The van der Waals surface area contributed by atoms with Crippen molar-refractivity contribution in [3.8, 4) is 12.1 Å². The first kappa shape index (κ1) is 39.0. The Morgan fingerprint density at radius 1 is 0.925 bits per heavy atom. The number of halogens is 5. The Hall–Kier alpha value is -5.22. The van der Waals surface area contributed by atoms with Crippen LogP contribution in [-0.4, -0.2) is 58.5 Å². The summed E-state index contributed by atoms with van der Waals surface area (Å²) in [7, 11) is 0. The second-order valence-electron chi connectivity index (χ2n) is 12.9.